The van der Waals surface area contributed by atoms with Gasteiger partial charge in [0.05, 0.1) is 43.2 Å². The van der Waals surface area contributed by atoms with E-state index >= 15 is 0 Å². The number of nitrogens with zero attached hydrogens (tertiary/aromatic N) is 1. The minimum absolute atomic E-state index is 0.134. The van der Waals surface area contributed by atoms with E-state index in [-0.39, 0.29) is 37.6 Å². The van der Waals surface area contributed by atoms with Crippen LogP contribution < -0.4 is 5.11 Å². The zero-order valence-corrected chi connectivity index (χ0v) is 15.8. The fourth-order valence-electron chi connectivity index (χ4n) is 2.77. The molecule has 134 valence electrons. The SMILES string of the molecule is O=C([O-])C(Cc1ccccc1)N1C(=O)c2c(Cl)c(Cl)c(Cl)c(Cl)c2C1=O. The van der Waals surface area contributed by atoms with Crippen LogP contribution in [0.3, 0.4) is 0 Å². The average molecular weight is 432 g/mol. The zero-order chi connectivity index (χ0) is 19.2. The van der Waals surface area contributed by atoms with Gasteiger partial charge in [-0.05, 0) is 12.0 Å². The highest BCUT2D eigenvalue weighted by atomic mass is 35.5. The largest absolute Gasteiger partial charge is 0.548 e. The number of fused-ring (bicyclic) bond motifs is 1. The molecule has 0 fully saturated rings. The van der Waals surface area contributed by atoms with Crippen molar-refractivity contribution in [2.24, 2.45) is 0 Å². The number of carboxylic acid groups (broad SMARTS) is 1. The Bertz CT molecular complexity index is 899. The van der Waals surface area contributed by atoms with Gasteiger partial charge in [0.15, 0.2) is 0 Å². The third kappa shape index (κ3) is 2.95. The molecule has 0 aliphatic carbocycles. The number of hydrogen-bond acceptors (Lipinski definition) is 4. The Kier molecular flexibility index (Phi) is 5.17. The highest BCUT2D eigenvalue weighted by Gasteiger charge is 2.45. The summed E-state index contributed by atoms with van der Waals surface area (Å²) in [6, 6.07) is 6.95. The minimum atomic E-state index is -1.59. The van der Waals surface area contributed by atoms with Gasteiger partial charge in [0.2, 0.25) is 0 Å². The van der Waals surface area contributed by atoms with E-state index < -0.39 is 23.8 Å². The van der Waals surface area contributed by atoms with Gasteiger partial charge in [0, 0.05) is 0 Å². The molecule has 5 nitrogen and oxygen atoms in total. The lowest BCUT2D eigenvalue weighted by Crippen LogP contribution is -2.51. The number of carbonyl (C=O) groups excluding carboxylic acids is 3. The van der Waals surface area contributed by atoms with Gasteiger partial charge in [0.1, 0.15) is 0 Å². The second-order valence-electron chi connectivity index (χ2n) is 5.51. The van der Waals surface area contributed by atoms with Gasteiger partial charge in [-0.2, -0.15) is 0 Å². The predicted molar refractivity (Wildman–Crippen MR) is 95.9 cm³/mol. The van der Waals surface area contributed by atoms with Crippen LogP contribution in [0.15, 0.2) is 30.3 Å². The summed E-state index contributed by atoms with van der Waals surface area (Å²) in [5, 5.41) is 10.8. The highest BCUT2D eigenvalue weighted by Crippen LogP contribution is 2.45. The average Bonchev–Trinajstić information content (AvgIpc) is 2.87. The maximum Gasteiger partial charge on any atom is 0.263 e. The van der Waals surface area contributed by atoms with Crippen LogP contribution in [0.4, 0.5) is 0 Å². The van der Waals surface area contributed by atoms with Gasteiger partial charge < -0.3 is 9.90 Å². The van der Waals surface area contributed by atoms with Crippen molar-refractivity contribution in [3.63, 3.8) is 0 Å². The normalized spacial score (nSPS) is 14.5. The summed E-state index contributed by atoms with van der Waals surface area (Å²) in [6.07, 6.45) is -0.134. The molecule has 1 atom stereocenters. The van der Waals surface area contributed by atoms with Gasteiger partial charge in [-0.1, -0.05) is 76.7 Å². The molecular weight excluding hydrogens is 424 g/mol. The second kappa shape index (κ2) is 7.08. The smallest absolute Gasteiger partial charge is 0.263 e. The first kappa shape index (κ1) is 19.0. The second-order valence-corrected chi connectivity index (χ2v) is 7.02. The minimum Gasteiger partial charge on any atom is -0.548 e. The number of amides is 2. The lowest BCUT2D eigenvalue weighted by molar-refractivity contribution is -0.310. The number of carboxylic acids is 1. The van der Waals surface area contributed by atoms with Gasteiger partial charge in [-0.3, -0.25) is 14.5 Å². The Hall–Kier alpha value is -1.79. The number of aliphatic carboxylic acids is 1. The molecule has 0 spiro atoms. The highest BCUT2D eigenvalue weighted by molar-refractivity contribution is 6.55. The molecule has 3 rings (SSSR count). The summed E-state index contributed by atoms with van der Waals surface area (Å²) in [7, 11) is 0. The fraction of sp³-hybridized carbons (Fsp3) is 0.118. The Morgan fingerprint density at radius 3 is 1.77 bits per heavy atom. The van der Waals surface area contributed by atoms with Crippen molar-refractivity contribution in [3.05, 3.63) is 67.1 Å². The Morgan fingerprint density at radius 2 is 1.35 bits per heavy atom. The summed E-state index contributed by atoms with van der Waals surface area (Å²) in [5.41, 5.74) is 0.0669. The topological polar surface area (TPSA) is 77.5 Å². The quantitative estimate of drug-likeness (QED) is 0.423. The van der Waals surface area contributed by atoms with Gasteiger partial charge >= 0.3 is 0 Å². The molecule has 1 unspecified atom stereocenters. The van der Waals surface area contributed by atoms with E-state index in [0.717, 1.165) is 0 Å². The molecule has 0 radical (unpaired) electrons. The van der Waals surface area contributed by atoms with Gasteiger partial charge in [0.25, 0.3) is 11.8 Å². The van der Waals surface area contributed by atoms with Crippen LogP contribution in [0.25, 0.3) is 0 Å². The summed E-state index contributed by atoms with van der Waals surface area (Å²) in [5.74, 6) is -3.42. The molecule has 0 aromatic heterocycles. The standard InChI is InChI=1S/C17H9Cl4NO4/c18-11-9-10(12(19)14(21)13(11)20)16(24)22(15(9)23)8(17(25)26)6-7-4-2-1-3-5-7/h1-5,8H,6H2,(H,25,26)/p-1. The number of benzene rings is 2. The van der Waals surface area contributed by atoms with Crippen molar-refractivity contribution in [2.45, 2.75) is 12.5 Å². The fourth-order valence-corrected chi connectivity index (χ4v) is 3.78. The molecule has 2 amide bonds. The van der Waals surface area contributed by atoms with Crippen LogP contribution in [0, 0.1) is 0 Å². The first-order chi connectivity index (χ1) is 12.3. The van der Waals surface area contributed by atoms with Gasteiger partial charge in [-0.25, -0.2) is 0 Å². The molecule has 0 N–H and O–H groups in total. The Morgan fingerprint density at radius 1 is 0.885 bits per heavy atom. The third-order valence-corrected chi connectivity index (χ3v) is 5.79. The number of rotatable bonds is 4. The maximum atomic E-state index is 12.7. The number of imide groups is 1. The van der Waals surface area contributed by atoms with E-state index in [9.17, 15) is 19.5 Å². The Labute approximate surface area is 168 Å². The van der Waals surface area contributed by atoms with Crippen molar-refractivity contribution in [1.82, 2.24) is 4.90 Å². The summed E-state index contributed by atoms with van der Waals surface area (Å²) >= 11 is 24.0. The number of hydrogen-bond donors (Lipinski definition) is 0. The molecule has 0 saturated heterocycles. The molecule has 1 aliphatic rings. The van der Waals surface area contributed by atoms with Crippen molar-refractivity contribution in [2.75, 3.05) is 0 Å². The molecule has 26 heavy (non-hydrogen) atoms. The summed E-state index contributed by atoms with van der Waals surface area (Å²) in [4.78, 5) is 37.7. The van der Waals surface area contributed by atoms with E-state index in [1.54, 1.807) is 30.3 Å². The third-order valence-electron chi connectivity index (χ3n) is 3.99. The van der Waals surface area contributed by atoms with E-state index in [1.807, 2.05) is 0 Å². The molecule has 0 bridgehead atoms. The van der Waals surface area contributed by atoms with Crippen molar-refractivity contribution in [3.8, 4) is 0 Å². The lowest BCUT2D eigenvalue weighted by atomic mass is 10.0. The molecule has 1 aliphatic heterocycles. The van der Waals surface area contributed by atoms with Crippen LogP contribution in [-0.4, -0.2) is 28.7 Å². The van der Waals surface area contributed by atoms with Crippen molar-refractivity contribution >= 4 is 64.2 Å². The summed E-state index contributed by atoms with van der Waals surface area (Å²) < 4.78 is 0. The molecular formula is C17H8Cl4NO4-. The van der Waals surface area contributed by atoms with Crippen LogP contribution >= 0.6 is 46.4 Å². The number of carbonyl (C=O) groups is 3. The molecule has 2 aromatic carbocycles. The van der Waals surface area contributed by atoms with Crippen LogP contribution in [0.1, 0.15) is 26.3 Å². The Balaban J connectivity index is 2.10. The summed E-state index contributed by atoms with van der Waals surface area (Å²) in [6.45, 7) is 0. The first-order valence-electron chi connectivity index (χ1n) is 7.24. The van der Waals surface area contributed by atoms with E-state index in [2.05, 4.69) is 0 Å². The molecule has 9 heteroatoms. The van der Waals surface area contributed by atoms with Crippen molar-refractivity contribution in [1.29, 1.82) is 0 Å². The van der Waals surface area contributed by atoms with E-state index in [1.165, 1.54) is 0 Å². The molecule has 1 heterocycles. The monoisotopic (exact) mass is 430 g/mol. The number of halogens is 4. The van der Waals surface area contributed by atoms with Crippen molar-refractivity contribution < 1.29 is 19.5 Å². The maximum absolute atomic E-state index is 12.7. The molecule has 0 saturated carbocycles. The van der Waals surface area contributed by atoms with Crippen LogP contribution in [0.2, 0.25) is 20.1 Å². The first-order valence-corrected chi connectivity index (χ1v) is 8.75. The molecule has 2 aromatic rings. The van der Waals surface area contributed by atoms with Gasteiger partial charge in [-0.15, -0.1) is 0 Å². The predicted octanol–water partition coefficient (Wildman–Crippen LogP) is 3.26. The van der Waals surface area contributed by atoms with E-state index in [0.29, 0.717) is 10.5 Å². The zero-order valence-electron chi connectivity index (χ0n) is 12.8. The van der Waals surface area contributed by atoms with Crippen LogP contribution in [0.5, 0.6) is 0 Å². The van der Waals surface area contributed by atoms with E-state index in [4.69, 9.17) is 46.4 Å². The lowest BCUT2D eigenvalue weighted by Gasteiger charge is -2.27. The van der Waals surface area contributed by atoms with Crippen LogP contribution in [-0.2, 0) is 11.2 Å².